The SMILES string of the molecule is CC(C)=CC1C(C(=O)NCCCC(N)=O)C1(C)C. The Morgan fingerprint density at radius 1 is 1.33 bits per heavy atom. The summed E-state index contributed by atoms with van der Waals surface area (Å²) in [6.07, 6.45) is 3.11. The number of allylic oxidation sites excluding steroid dienone is 2. The third-order valence-corrected chi connectivity index (χ3v) is 3.61. The van der Waals surface area contributed by atoms with E-state index in [0.717, 1.165) is 0 Å². The third-order valence-electron chi connectivity index (χ3n) is 3.61. The number of hydrogen-bond donors (Lipinski definition) is 2. The summed E-state index contributed by atoms with van der Waals surface area (Å²) < 4.78 is 0. The Morgan fingerprint density at radius 2 is 1.94 bits per heavy atom. The van der Waals surface area contributed by atoms with Crippen LogP contribution in [0.25, 0.3) is 0 Å². The fourth-order valence-electron chi connectivity index (χ4n) is 2.43. The van der Waals surface area contributed by atoms with Gasteiger partial charge in [0, 0.05) is 13.0 Å². The average molecular weight is 252 g/mol. The maximum Gasteiger partial charge on any atom is 0.224 e. The van der Waals surface area contributed by atoms with E-state index in [1.807, 2.05) is 0 Å². The van der Waals surface area contributed by atoms with Crippen LogP contribution in [0.2, 0.25) is 0 Å². The lowest BCUT2D eigenvalue weighted by molar-refractivity contribution is -0.123. The zero-order valence-electron chi connectivity index (χ0n) is 11.7. The highest BCUT2D eigenvalue weighted by Gasteiger charge is 2.60. The van der Waals surface area contributed by atoms with Crippen molar-refractivity contribution in [3.05, 3.63) is 11.6 Å². The summed E-state index contributed by atoms with van der Waals surface area (Å²) in [6, 6.07) is 0. The molecule has 4 nitrogen and oxygen atoms in total. The van der Waals surface area contributed by atoms with E-state index in [1.165, 1.54) is 5.57 Å². The molecule has 0 spiro atoms. The predicted molar refractivity (Wildman–Crippen MR) is 71.6 cm³/mol. The fourth-order valence-corrected chi connectivity index (χ4v) is 2.43. The minimum absolute atomic E-state index is 0.0467. The molecule has 1 aliphatic rings. The molecular formula is C14H24N2O2. The number of amides is 2. The molecule has 0 bridgehead atoms. The largest absolute Gasteiger partial charge is 0.370 e. The molecule has 0 saturated heterocycles. The van der Waals surface area contributed by atoms with Crippen LogP contribution in [-0.4, -0.2) is 18.4 Å². The van der Waals surface area contributed by atoms with Crippen molar-refractivity contribution in [2.24, 2.45) is 23.0 Å². The molecule has 2 atom stereocenters. The van der Waals surface area contributed by atoms with Crippen molar-refractivity contribution >= 4 is 11.8 Å². The summed E-state index contributed by atoms with van der Waals surface area (Å²) in [7, 11) is 0. The summed E-state index contributed by atoms with van der Waals surface area (Å²) in [6.45, 7) is 8.86. The second kappa shape index (κ2) is 5.55. The van der Waals surface area contributed by atoms with Gasteiger partial charge in [-0.1, -0.05) is 25.5 Å². The first-order valence-electron chi connectivity index (χ1n) is 6.48. The van der Waals surface area contributed by atoms with E-state index in [4.69, 9.17) is 5.73 Å². The third kappa shape index (κ3) is 3.59. The normalized spacial score (nSPS) is 24.2. The van der Waals surface area contributed by atoms with E-state index >= 15 is 0 Å². The Morgan fingerprint density at radius 3 is 2.44 bits per heavy atom. The molecule has 1 rings (SSSR count). The zero-order chi connectivity index (χ0) is 13.9. The van der Waals surface area contributed by atoms with Crippen molar-refractivity contribution in [2.45, 2.75) is 40.5 Å². The Hall–Kier alpha value is -1.32. The van der Waals surface area contributed by atoms with Crippen LogP contribution in [0.1, 0.15) is 40.5 Å². The van der Waals surface area contributed by atoms with Gasteiger partial charge in [-0.05, 0) is 31.6 Å². The molecule has 3 N–H and O–H groups in total. The van der Waals surface area contributed by atoms with Crippen LogP contribution in [0.3, 0.4) is 0 Å². The van der Waals surface area contributed by atoms with Crippen LogP contribution in [-0.2, 0) is 9.59 Å². The minimum Gasteiger partial charge on any atom is -0.370 e. The highest BCUT2D eigenvalue weighted by molar-refractivity contribution is 5.83. The summed E-state index contributed by atoms with van der Waals surface area (Å²) in [5.41, 5.74) is 6.34. The maximum atomic E-state index is 12.0. The second-order valence-electron chi connectivity index (χ2n) is 5.93. The Labute approximate surface area is 109 Å². The van der Waals surface area contributed by atoms with Gasteiger partial charge in [0.1, 0.15) is 0 Å². The number of nitrogens with two attached hydrogens (primary N) is 1. The van der Waals surface area contributed by atoms with Gasteiger partial charge in [0.2, 0.25) is 11.8 Å². The summed E-state index contributed by atoms with van der Waals surface area (Å²) in [5.74, 6) is 0.157. The van der Waals surface area contributed by atoms with Gasteiger partial charge >= 0.3 is 0 Å². The van der Waals surface area contributed by atoms with Crippen LogP contribution >= 0.6 is 0 Å². The molecule has 2 unspecified atom stereocenters. The molecule has 0 aliphatic heterocycles. The minimum atomic E-state index is -0.321. The van der Waals surface area contributed by atoms with Crippen molar-refractivity contribution in [3.63, 3.8) is 0 Å². The molecule has 2 amide bonds. The number of nitrogens with one attached hydrogen (secondary N) is 1. The molecule has 1 fully saturated rings. The van der Waals surface area contributed by atoms with E-state index in [1.54, 1.807) is 0 Å². The number of primary amides is 1. The molecule has 1 saturated carbocycles. The van der Waals surface area contributed by atoms with Crippen molar-refractivity contribution in [2.75, 3.05) is 6.54 Å². The maximum absolute atomic E-state index is 12.0. The fraction of sp³-hybridized carbons (Fsp3) is 0.714. The van der Waals surface area contributed by atoms with Crippen LogP contribution in [0.4, 0.5) is 0 Å². The molecule has 0 heterocycles. The van der Waals surface area contributed by atoms with Gasteiger partial charge in [-0.2, -0.15) is 0 Å². The Kier molecular flexibility index (Phi) is 4.54. The predicted octanol–water partition coefficient (Wildman–Crippen LogP) is 1.61. The first-order chi connectivity index (χ1) is 8.26. The van der Waals surface area contributed by atoms with Crippen molar-refractivity contribution in [1.82, 2.24) is 5.32 Å². The molecule has 18 heavy (non-hydrogen) atoms. The van der Waals surface area contributed by atoms with Crippen molar-refractivity contribution in [1.29, 1.82) is 0 Å². The summed E-state index contributed by atoms with van der Waals surface area (Å²) in [4.78, 5) is 22.6. The Balaban J connectivity index is 2.39. The molecule has 0 aromatic rings. The van der Waals surface area contributed by atoms with E-state index in [2.05, 4.69) is 39.1 Å². The lowest BCUT2D eigenvalue weighted by Crippen LogP contribution is -2.28. The van der Waals surface area contributed by atoms with Crippen LogP contribution in [0.5, 0.6) is 0 Å². The van der Waals surface area contributed by atoms with Gasteiger partial charge in [-0.25, -0.2) is 0 Å². The quantitative estimate of drug-likeness (QED) is 0.557. The van der Waals surface area contributed by atoms with Crippen molar-refractivity contribution in [3.8, 4) is 0 Å². The standard InChI is InChI=1S/C14H24N2O2/c1-9(2)8-10-12(14(10,3)4)13(18)16-7-5-6-11(15)17/h8,10,12H,5-7H2,1-4H3,(H2,15,17)(H,16,18). The monoisotopic (exact) mass is 252 g/mol. The molecule has 0 radical (unpaired) electrons. The molecule has 1 aliphatic carbocycles. The van der Waals surface area contributed by atoms with Gasteiger partial charge < -0.3 is 11.1 Å². The number of rotatable bonds is 6. The summed E-state index contributed by atoms with van der Waals surface area (Å²) in [5, 5.41) is 2.88. The highest BCUT2D eigenvalue weighted by Crippen LogP contribution is 2.59. The summed E-state index contributed by atoms with van der Waals surface area (Å²) >= 11 is 0. The first-order valence-corrected chi connectivity index (χ1v) is 6.48. The van der Waals surface area contributed by atoms with E-state index < -0.39 is 0 Å². The van der Waals surface area contributed by atoms with E-state index in [-0.39, 0.29) is 23.1 Å². The molecule has 102 valence electrons. The topological polar surface area (TPSA) is 72.2 Å². The molecule has 0 aromatic heterocycles. The van der Waals surface area contributed by atoms with Gasteiger partial charge in [-0.15, -0.1) is 0 Å². The Bertz CT molecular complexity index is 368. The average Bonchev–Trinajstić information content (AvgIpc) is 2.74. The second-order valence-corrected chi connectivity index (χ2v) is 5.93. The van der Waals surface area contributed by atoms with Gasteiger partial charge in [0.05, 0.1) is 5.92 Å². The molecule has 4 heteroatoms. The smallest absolute Gasteiger partial charge is 0.224 e. The van der Waals surface area contributed by atoms with Crippen molar-refractivity contribution < 1.29 is 9.59 Å². The highest BCUT2D eigenvalue weighted by atomic mass is 16.2. The lowest BCUT2D eigenvalue weighted by Gasteiger charge is -2.05. The molecular weight excluding hydrogens is 228 g/mol. The van der Waals surface area contributed by atoms with Crippen LogP contribution < -0.4 is 11.1 Å². The lowest BCUT2D eigenvalue weighted by atomic mass is 10.1. The van der Waals surface area contributed by atoms with Gasteiger partial charge in [0.15, 0.2) is 0 Å². The molecule has 0 aromatic carbocycles. The number of hydrogen-bond acceptors (Lipinski definition) is 2. The van der Waals surface area contributed by atoms with Gasteiger partial charge in [0.25, 0.3) is 0 Å². The van der Waals surface area contributed by atoms with Crippen LogP contribution in [0, 0.1) is 17.3 Å². The number of carbonyl (C=O) groups is 2. The first kappa shape index (κ1) is 14.7. The van der Waals surface area contributed by atoms with E-state index in [0.29, 0.717) is 25.3 Å². The van der Waals surface area contributed by atoms with Gasteiger partial charge in [-0.3, -0.25) is 9.59 Å². The zero-order valence-corrected chi connectivity index (χ0v) is 11.7. The van der Waals surface area contributed by atoms with E-state index in [9.17, 15) is 9.59 Å². The number of carbonyl (C=O) groups excluding carboxylic acids is 2. The van der Waals surface area contributed by atoms with Crippen LogP contribution in [0.15, 0.2) is 11.6 Å².